The number of nitrogen functional groups attached to an aromatic ring is 4. The number of benzene rings is 7. The molecule has 1 saturated carbocycles. The largest absolute Gasteiger partial charge is 0.421 e. The highest BCUT2D eigenvalue weighted by atomic mass is 35.5. The molecule has 0 unspecified atom stereocenters. The van der Waals surface area contributed by atoms with Crippen LogP contribution in [0.5, 0.6) is 0 Å². The van der Waals surface area contributed by atoms with E-state index in [0.29, 0.717) is 159 Å². The Morgan fingerprint density at radius 2 is 0.883 bits per heavy atom. The zero-order valence-electron chi connectivity index (χ0n) is 80.1. The predicted molar refractivity (Wildman–Crippen MR) is 545 cm³/mol. The number of aromatic nitrogens is 30. The normalized spacial score (nSPS) is 12.6. The quantitative estimate of drug-likeness (QED) is 0.0295. The van der Waals surface area contributed by atoms with Gasteiger partial charge in [-0.3, -0.25) is 46.8 Å². The molecule has 7 aromatic carbocycles. The maximum atomic E-state index is 14.2. The summed E-state index contributed by atoms with van der Waals surface area (Å²) in [5.74, 6) is 6.73. The van der Waals surface area contributed by atoms with Gasteiger partial charge in [0.25, 0.3) is 34.0 Å². The second-order valence-electron chi connectivity index (χ2n) is 34.1. The van der Waals surface area contributed by atoms with Crippen molar-refractivity contribution >= 4 is 102 Å². The Balaban J connectivity index is 0.000000123. The van der Waals surface area contributed by atoms with Gasteiger partial charge < -0.3 is 57.6 Å². The Bertz CT molecular complexity index is 8470. The van der Waals surface area contributed by atoms with Gasteiger partial charge in [0.1, 0.15) is 100 Å². The SMILES string of the molecule is CC[C@H](Nc1ncnc(N)c1-n1nnc(C)n1)c1nc2cccc(C)c2c(=O)n1-c1ccccc1C.Cc1nc(-c2c(N)ncnc2N[C@@H](C)c2nc3cccc(-c4cnn(C)c4)c3c(=O)n2-c2ccccc2)no1.Cc1nnc(-c2c(N)ncnc2N[C@@H](C)c2nc3cccc(-c4cnn(C)c4)c3c(=O)n2-c2ccccc2)o1.Cc1nnc(-c2c(N)ncnc2N[C@@H](C)c2nc3cccc(Cl)c3c(=O)n2C2CC2)o1. The van der Waals surface area contributed by atoms with Gasteiger partial charge >= 0.3 is 0 Å². The van der Waals surface area contributed by atoms with E-state index in [0.717, 1.165) is 51.9 Å². The number of rotatable bonds is 23. The van der Waals surface area contributed by atoms with Crippen molar-refractivity contribution in [2.45, 2.75) is 119 Å². The summed E-state index contributed by atoms with van der Waals surface area (Å²) in [7, 11) is 3.68. The van der Waals surface area contributed by atoms with Crippen LogP contribution < -0.4 is 66.4 Å². The molecule has 0 radical (unpaired) electrons. The van der Waals surface area contributed by atoms with Crippen LogP contribution in [0.4, 0.5) is 46.5 Å². The average molecular weight is 1960 g/mol. The Morgan fingerprint density at radius 3 is 1.36 bits per heavy atom. The summed E-state index contributed by atoms with van der Waals surface area (Å²) >= 11 is 6.31. The van der Waals surface area contributed by atoms with Crippen LogP contribution in [0.1, 0.15) is 135 Å². The van der Waals surface area contributed by atoms with Crippen molar-refractivity contribution in [2.75, 3.05) is 44.2 Å². The van der Waals surface area contributed by atoms with E-state index in [1.165, 1.54) is 30.1 Å². The van der Waals surface area contributed by atoms with Gasteiger partial charge in [0, 0.05) is 64.4 Å². The molecule has 14 aromatic heterocycles. The van der Waals surface area contributed by atoms with Gasteiger partial charge in [-0.15, -0.1) is 35.4 Å². The fraction of sp³-hybridized carbons (Fsp3) is 0.202. The third-order valence-corrected chi connectivity index (χ3v) is 24.2. The summed E-state index contributed by atoms with van der Waals surface area (Å²) in [6.45, 7) is 18.4. The van der Waals surface area contributed by atoms with Crippen LogP contribution in [0.25, 0.3) is 123 Å². The molecule has 14 heterocycles. The number of hydrogen-bond donors (Lipinski definition) is 8. The fourth-order valence-corrected chi connectivity index (χ4v) is 17.2. The molecule has 45 nitrogen and oxygen atoms in total. The van der Waals surface area contributed by atoms with E-state index in [9.17, 15) is 19.2 Å². The lowest BCUT2D eigenvalue weighted by Gasteiger charge is -2.24. The van der Waals surface area contributed by atoms with Gasteiger partial charge in [-0.1, -0.05) is 121 Å². The van der Waals surface area contributed by atoms with Crippen molar-refractivity contribution in [2.24, 2.45) is 14.1 Å². The number of halogens is 1. The van der Waals surface area contributed by atoms with Gasteiger partial charge in [-0.05, 0) is 149 Å². The Morgan fingerprint density at radius 1 is 0.434 bits per heavy atom. The van der Waals surface area contributed by atoms with E-state index >= 15 is 0 Å². The molecular formula is C99H93ClN38O7. The Labute approximate surface area is 827 Å². The van der Waals surface area contributed by atoms with Gasteiger partial charge in [-0.2, -0.15) is 15.2 Å². The summed E-state index contributed by atoms with van der Waals surface area (Å²) < 4.78 is 26.3. The molecule has 728 valence electrons. The first-order chi connectivity index (χ1) is 70.1. The molecule has 12 N–H and O–H groups in total. The van der Waals surface area contributed by atoms with E-state index < -0.39 is 18.1 Å². The minimum absolute atomic E-state index is 0.105. The zero-order chi connectivity index (χ0) is 101. The average Bonchev–Trinajstić information content (AvgIpc) is 1.71. The summed E-state index contributed by atoms with van der Waals surface area (Å²) in [4.78, 5) is 115. The Kier molecular flexibility index (Phi) is 26.3. The molecule has 0 saturated heterocycles. The number of para-hydroxylation sites is 3. The highest BCUT2D eigenvalue weighted by Crippen LogP contribution is 2.41. The zero-order valence-corrected chi connectivity index (χ0v) is 80.9. The van der Waals surface area contributed by atoms with E-state index in [1.807, 2.05) is 208 Å². The number of anilines is 8. The van der Waals surface area contributed by atoms with E-state index in [2.05, 4.69) is 117 Å². The van der Waals surface area contributed by atoms with Gasteiger partial charge in [-0.25, -0.2) is 59.8 Å². The molecule has 1 aliphatic carbocycles. The molecule has 0 spiro atoms. The summed E-state index contributed by atoms with van der Waals surface area (Å²) in [5.41, 5.74) is 34.9. The standard InChI is InChI=1S/2C27H24N10O2.C25H26N10O.C20H19ClN8O2/c1-15(32-24-22(23(28)29-14-30-24)25-33-16(2)39-35-25)26-34-20-11-7-10-19(17-12-31-36(3)13-17)21(20)27(38)37(26)18-8-5-4-6-9-18;1-15(32-24-22(23(28)29-14-30-24)26-35-34-16(2)39-26)25-33-20-11-7-10-19(17-12-31-36(3)13-17)21(20)27(38)37(25)18-8-5-4-6-9-18;1-5-17(29-23-21(22(26)27-13-28-23)35-32-16(4)31-33-35)24-30-18-11-8-10-15(3)20(18)25(36)34(24)19-12-7-6-9-14(19)2;1-9(25-17-15(16(22)23-8-24-17)19-28-27-10(2)31-19)18-26-13-5-3-4-12(21)14(13)20(30)29(18)11-6-7-11/h2*4-15H,1-3H3,(H3,28,29,30,32);6-13,17H,5H2,1-4H3,(H3,26,27,28,29);3-5,8-9,11H,6-7H2,1-2H3,(H3,22,23,24,25)/t2*15-;17-;9-/m0000/s1. The number of hydrogen-bond acceptors (Lipinski definition) is 38. The molecule has 0 aliphatic heterocycles. The lowest BCUT2D eigenvalue weighted by Crippen LogP contribution is -2.29. The smallest absolute Gasteiger partial charge is 0.266 e. The number of tetrazole rings is 1. The van der Waals surface area contributed by atoms with Crippen molar-refractivity contribution < 1.29 is 13.4 Å². The van der Waals surface area contributed by atoms with Crippen LogP contribution in [0.2, 0.25) is 5.02 Å². The molecule has 46 heteroatoms. The molecule has 145 heavy (non-hydrogen) atoms. The maximum Gasteiger partial charge on any atom is 0.266 e. The molecule has 1 aliphatic rings. The highest BCUT2D eigenvalue weighted by Gasteiger charge is 2.34. The second-order valence-corrected chi connectivity index (χ2v) is 34.5. The summed E-state index contributed by atoms with van der Waals surface area (Å²) in [6, 6.07) is 47.1. The fourth-order valence-electron chi connectivity index (χ4n) is 17.0. The van der Waals surface area contributed by atoms with Crippen molar-refractivity contribution in [1.82, 2.24) is 148 Å². The monoisotopic (exact) mass is 1960 g/mol. The van der Waals surface area contributed by atoms with Crippen LogP contribution in [0.15, 0.2) is 240 Å². The van der Waals surface area contributed by atoms with E-state index in [1.54, 1.807) is 85.9 Å². The van der Waals surface area contributed by atoms with Crippen molar-refractivity contribution in [3.05, 3.63) is 312 Å². The molecule has 21 aromatic rings. The minimum Gasteiger partial charge on any atom is -0.421 e. The van der Waals surface area contributed by atoms with Crippen molar-refractivity contribution in [3.63, 3.8) is 0 Å². The van der Waals surface area contributed by atoms with Crippen LogP contribution in [0, 0.1) is 41.5 Å². The summed E-state index contributed by atoms with van der Waals surface area (Å²) in [5, 5.41) is 56.5. The van der Waals surface area contributed by atoms with Gasteiger partial charge in [0.05, 0.1) is 102 Å². The third kappa shape index (κ3) is 19.1. The van der Waals surface area contributed by atoms with Crippen molar-refractivity contribution in [3.8, 4) is 79.3 Å². The number of nitrogens with one attached hydrogen (secondary N) is 4. The molecule has 1 fully saturated rings. The molecule has 22 rings (SSSR count). The molecular weight excluding hydrogens is 1870 g/mol. The topological polar surface area (TPSA) is 591 Å². The van der Waals surface area contributed by atoms with Crippen LogP contribution in [-0.4, -0.2) is 148 Å². The molecule has 0 amide bonds. The number of fused-ring (bicyclic) bond motifs is 4. The lowest BCUT2D eigenvalue weighted by molar-refractivity contribution is 0.394. The lowest BCUT2D eigenvalue weighted by atomic mass is 10.0. The second kappa shape index (κ2) is 40.1. The van der Waals surface area contributed by atoms with Crippen LogP contribution in [0.3, 0.4) is 0 Å². The highest BCUT2D eigenvalue weighted by molar-refractivity contribution is 6.35. The van der Waals surface area contributed by atoms with E-state index in [4.69, 9.17) is 67.8 Å². The third-order valence-electron chi connectivity index (χ3n) is 23.9. The predicted octanol–water partition coefficient (Wildman–Crippen LogP) is 13.9. The van der Waals surface area contributed by atoms with Gasteiger partial charge in [0.2, 0.25) is 23.5 Å². The van der Waals surface area contributed by atoms with Crippen molar-refractivity contribution in [1.29, 1.82) is 0 Å². The van der Waals surface area contributed by atoms with Gasteiger partial charge in [0.15, 0.2) is 23.1 Å². The van der Waals surface area contributed by atoms with Crippen LogP contribution in [-0.2, 0) is 14.1 Å². The summed E-state index contributed by atoms with van der Waals surface area (Å²) in [6.07, 6.45) is 15.1. The van der Waals surface area contributed by atoms with E-state index in [-0.39, 0.29) is 75.2 Å². The Hall–Kier alpha value is -19.0. The first kappa shape index (κ1) is 95.0. The molecule has 0 bridgehead atoms. The van der Waals surface area contributed by atoms with Crippen LogP contribution >= 0.6 is 11.6 Å². The minimum atomic E-state index is -0.499. The number of nitrogens with zero attached hydrogens (tertiary/aromatic N) is 30. The number of aryl methyl sites for hydroxylation is 8. The first-order valence-corrected chi connectivity index (χ1v) is 46.2. The molecule has 4 atom stereocenters. The first-order valence-electron chi connectivity index (χ1n) is 45.8. The number of nitrogens with two attached hydrogens (primary N) is 4. The maximum absolute atomic E-state index is 14.2.